The molecule has 2 fully saturated rings. The number of aryl methyl sites for hydroxylation is 1. The lowest BCUT2D eigenvalue weighted by atomic mass is 9.98. The Morgan fingerprint density at radius 3 is 3.05 bits per heavy atom. The number of hydrogen-bond acceptors (Lipinski definition) is 6. The molecule has 1 spiro atoms. The third-order valence-corrected chi connectivity index (χ3v) is 4.10. The molecule has 0 saturated carbocycles. The average Bonchev–Trinajstić information content (AvgIpc) is 2.97. The van der Waals surface area contributed by atoms with Crippen molar-refractivity contribution in [2.45, 2.75) is 38.0 Å². The van der Waals surface area contributed by atoms with Crippen molar-refractivity contribution in [3.63, 3.8) is 0 Å². The van der Waals surface area contributed by atoms with E-state index in [1.807, 2.05) is 0 Å². The minimum Gasteiger partial charge on any atom is -0.375 e. The van der Waals surface area contributed by atoms with Crippen LogP contribution < -0.4 is 5.56 Å². The third-order valence-electron chi connectivity index (χ3n) is 4.10. The van der Waals surface area contributed by atoms with Crippen LogP contribution in [0, 0.1) is 6.92 Å². The van der Waals surface area contributed by atoms with Crippen molar-refractivity contribution in [1.29, 1.82) is 0 Å². The first-order valence-corrected chi connectivity index (χ1v) is 6.74. The summed E-state index contributed by atoms with van der Waals surface area (Å²) in [6.45, 7) is 3.58. The van der Waals surface area contributed by atoms with Crippen molar-refractivity contribution in [3.05, 3.63) is 22.4 Å². The van der Waals surface area contributed by atoms with Crippen LogP contribution in [0.15, 0.2) is 15.6 Å². The SMILES string of the molecule is Cc1noc2ncn(CC3CCC4(COC4)O3)c(=O)c12. The van der Waals surface area contributed by atoms with E-state index in [0.29, 0.717) is 36.6 Å². The van der Waals surface area contributed by atoms with Gasteiger partial charge < -0.3 is 14.0 Å². The summed E-state index contributed by atoms with van der Waals surface area (Å²) in [6.07, 6.45) is 3.47. The lowest BCUT2D eigenvalue weighted by molar-refractivity contribution is -0.201. The minimum absolute atomic E-state index is 0.0380. The van der Waals surface area contributed by atoms with Gasteiger partial charge in [-0.15, -0.1) is 0 Å². The zero-order valence-electron chi connectivity index (χ0n) is 11.2. The van der Waals surface area contributed by atoms with Crippen LogP contribution in [0.3, 0.4) is 0 Å². The summed E-state index contributed by atoms with van der Waals surface area (Å²) in [7, 11) is 0. The Balaban J connectivity index is 1.61. The number of hydrogen-bond donors (Lipinski definition) is 0. The molecule has 0 aromatic carbocycles. The molecule has 0 aliphatic carbocycles. The van der Waals surface area contributed by atoms with Gasteiger partial charge >= 0.3 is 0 Å². The maximum Gasteiger partial charge on any atom is 0.266 e. The molecule has 4 rings (SSSR count). The minimum atomic E-state index is -0.122. The van der Waals surface area contributed by atoms with Gasteiger partial charge in [0, 0.05) is 0 Å². The summed E-state index contributed by atoms with van der Waals surface area (Å²) < 4.78 is 17.8. The number of fused-ring (bicyclic) bond motifs is 1. The van der Waals surface area contributed by atoms with Gasteiger partial charge in [0.15, 0.2) is 0 Å². The summed E-state index contributed by atoms with van der Waals surface area (Å²) in [5, 5.41) is 4.23. The van der Waals surface area contributed by atoms with Gasteiger partial charge in [-0.1, -0.05) is 5.16 Å². The van der Waals surface area contributed by atoms with Gasteiger partial charge in [0.05, 0.1) is 31.6 Å². The summed E-state index contributed by atoms with van der Waals surface area (Å²) >= 11 is 0. The summed E-state index contributed by atoms with van der Waals surface area (Å²) in [5.41, 5.74) is 0.644. The van der Waals surface area contributed by atoms with Crippen LogP contribution in [0.5, 0.6) is 0 Å². The third kappa shape index (κ3) is 1.70. The fraction of sp³-hybridized carbons (Fsp3) is 0.615. The molecule has 0 N–H and O–H groups in total. The Hall–Kier alpha value is -1.73. The first-order chi connectivity index (χ1) is 9.67. The second-order valence-corrected chi connectivity index (χ2v) is 5.60. The smallest absolute Gasteiger partial charge is 0.266 e. The molecule has 2 saturated heterocycles. The zero-order valence-corrected chi connectivity index (χ0v) is 11.2. The second-order valence-electron chi connectivity index (χ2n) is 5.60. The monoisotopic (exact) mass is 277 g/mol. The molecule has 2 aliphatic rings. The highest BCUT2D eigenvalue weighted by atomic mass is 16.6. The van der Waals surface area contributed by atoms with Crippen molar-refractivity contribution < 1.29 is 14.0 Å². The van der Waals surface area contributed by atoms with E-state index < -0.39 is 0 Å². The highest BCUT2D eigenvalue weighted by molar-refractivity contribution is 5.73. The van der Waals surface area contributed by atoms with E-state index in [2.05, 4.69) is 10.1 Å². The average molecular weight is 277 g/mol. The van der Waals surface area contributed by atoms with Crippen molar-refractivity contribution >= 4 is 11.1 Å². The normalized spacial score (nSPS) is 24.4. The quantitative estimate of drug-likeness (QED) is 0.801. The highest BCUT2D eigenvalue weighted by Crippen LogP contribution is 2.36. The Morgan fingerprint density at radius 1 is 1.50 bits per heavy atom. The lowest BCUT2D eigenvalue weighted by Gasteiger charge is -2.37. The van der Waals surface area contributed by atoms with Crippen LogP contribution in [0.25, 0.3) is 11.1 Å². The number of aromatic nitrogens is 3. The number of rotatable bonds is 2. The van der Waals surface area contributed by atoms with Crippen molar-refractivity contribution in [2.24, 2.45) is 0 Å². The zero-order chi connectivity index (χ0) is 13.7. The Morgan fingerprint density at radius 2 is 2.35 bits per heavy atom. The molecule has 0 radical (unpaired) electrons. The molecule has 7 nitrogen and oxygen atoms in total. The van der Waals surface area contributed by atoms with Crippen LogP contribution in [0.1, 0.15) is 18.5 Å². The maximum absolute atomic E-state index is 12.4. The van der Waals surface area contributed by atoms with Crippen LogP contribution in [-0.4, -0.2) is 39.6 Å². The standard InChI is InChI=1S/C13H15N3O4/c1-8-10-11(20-15-8)14-7-16(12(10)17)4-9-2-3-13(19-9)5-18-6-13/h7,9H,2-6H2,1H3. The Labute approximate surface area is 114 Å². The van der Waals surface area contributed by atoms with Gasteiger partial charge in [-0.05, 0) is 19.8 Å². The Bertz CT molecular complexity index is 716. The molecule has 2 aliphatic heterocycles. The molecular formula is C13H15N3O4. The van der Waals surface area contributed by atoms with E-state index in [1.165, 1.54) is 6.33 Å². The first kappa shape index (κ1) is 12.0. The van der Waals surface area contributed by atoms with Gasteiger partial charge in [-0.2, -0.15) is 0 Å². The fourth-order valence-corrected chi connectivity index (χ4v) is 2.93. The van der Waals surface area contributed by atoms with Gasteiger partial charge in [0.2, 0.25) is 0 Å². The second kappa shape index (κ2) is 4.13. The van der Waals surface area contributed by atoms with Crippen LogP contribution in [-0.2, 0) is 16.0 Å². The van der Waals surface area contributed by atoms with Gasteiger partial charge in [-0.25, -0.2) is 4.98 Å². The highest BCUT2D eigenvalue weighted by Gasteiger charge is 2.46. The van der Waals surface area contributed by atoms with Crippen molar-refractivity contribution in [3.8, 4) is 0 Å². The van der Waals surface area contributed by atoms with E-state index >= 15 is 0 Å². The van der Waals surface area contributed by atoms with E-state index in [-0.39, 0.29) is 17.3 Å². The Kier molecular flexibility index (Phi) is 2.49. The molecule has 7 heteroatoms. The lowest BCUT2D eigenvalue weighted by Crippen LogP contribution is -2.49. The molecule has 1 atom stereocenters. The fourth-order valence-electron chi connectivity index (χ4n) is 2.93. The van der Waals surface area contributed by atoms with Crippen LogP contribution in [0.4, 0.5) is 0 Å². The molecule has 106 valence electrons. The molecule has 20 heavy (non-hydrogen) atoms. The topological polar surface area (TPSA) is 79.4 Å². The maximum atomic E-state index is 12.4. The predicted octanol–water partition coefficient (Wildman–Crippen LogP) is 0.641. The summed E-state index contributed by atoms with van der Waals surface area (Å²) in [4.78, 5) is 16.5. The van der Waals surface area contributed by atoms with Gasteiger partial charge in [-0.3, -0.25) is 9.36 Å². The van der Waals surface area contributed by atoms with Crippen molar-refractivity contribution in [2.75, 3.05) is 13.2 Å². The number of nitrogens with zero attached hydrogens (tertiary/aromatic N) is 3. The van der Waals surface area contributed by atoms with E-state index in [1.54, 1.807) is 11.5 Å². The van der Waals surface area contributed by atoms with Crippen molar-refractivity contribution in [1.82, 2.24) is 14.7 Å². The number of ether oxygens (including phenoxy) is 2. The molecule has 2 aromatic heterocycles. The van der Waals surface area contributed by atoms with E-state index in [0.717, 1.165) is 12.8 Å². The van der Waals surface area contributed by atoms with Crippen LogP contribution >= 0.6 is 0 Å². The molecule has 2 aromatic rings. The molecular weight excluding hydrogens is 262 g/mol. The molecule has 4 heterocycles. The largest absolute Gasteiger partial charge is 0.375 e. The molecule has 0 bridgehead atoms. The van der Waals surface area contributed by atoms with Gasteiger partial charge in [0.1, 0.15) is 17.3 Å². The molecule has 1 unspecified atom stereocenters. The van der Waals surface area contributed by atoms with E-state index in [9.17, 15) is 4.79 Å². The molecule has 0 amide bonds. The van der Waals surface area contributed by atoms with Crippen LogP contribution in [0.2, 0.25) is 0 Å². The summed E-state index contributed by atoms with van der Waals surface area (Å²) in [5.74, 6) is 0. The van der Waals surface area contributed by atoms with Gasteiger partial charge in [0.25, 0.3) is 11.3 Å². The predicted molar refractivity (Wildman–Crippen MR) is 68.5 cm³/mol. The van der Waals surface area contributed by atoms with E-state index in [4.69, 9.17) is 14.0 Å². The summed E-state index contributed by atoms with van der Waals surface area (Å²) in [6, 6.07) is 0. The first-order valence-electron chi connectivity index (χ1n) is 6.74.